The lowest BCUT2D eigenvalue weighted by Gasteiger charge is -2.35. The monoisotopic (exact) mass is 417 g/mol. The van der Waals surface area contributed by atoms with E-state index in [9.17, 15) is 18.7 Å². The van der Waals surface area contributed by atoms with Crippen molar-refractivity contribution in [3.05, 3.63) is 71.4 Å². The first-order valence-electron chi connectivity index (χ1n) is 9.25. The number of aromatic nitrogens is 4. The third-order valence-corrected chi connectivity index (χ3v) is 4.81. The summed E-state index contributed by atoms with van der Waals surface area (Å²) in [4.78, 5) is 19.7. The number of pyridine rings is 1. The second-order valence-corrected chi connectivity index (χ2v) is 6.70. The summed E-state index contributed by atoms with van der Waals surface area (Å²) in [6.45, 7) is 3.55. The Morgan fingerprint density at radius 1 is 1.30 bits per heavy atom. The fourth-order valence-corrected chi connectivity index (χ4v) is 3.23. The van der Waals surface area contributed by atoms with Crippen molar-refractivity contribution in [1.29, 1.82) is 0 Å². The molecule has 1 aromatic carbocycles. The van der Waals surface area contributed by atoms with Crippen LogP contribution < -0.4 is 5.32 Å². The van der Waals surface area contributed by atoms with Gasteiger partial charge in [-0.2, -0.15) is 5.10 Å². The van der Waals surface area contributed by atoms with Crippen molar-refractivity contribution in [2.75, 3.05) is 11.9 Å². The molecule has 3 aromatic rings. The van der Waals surface area contributed by atoms with Gasteiger partial charge in [0.15, 0.2) is 0 Å². The summed E-state index contributed by atoms with van der Waals surface area (Å²) in [5, 5.41) is 20.5. The molecule has 0 aliphatic rings. The van der Waals surface area contributed by atoms with E-state index in [0.29, 0.717) is 17.5 Å². The highest BCUT2D eigenvalue weighted by atomic mass is 19.1. The Bertz CT molecular complexity index is 1020. The van der Waals surface area contributed by atoms with E-state index in [2.05, 4.69) is 25.5 Å². The maximum atomic E-state index is 14.7. The van der Waals surface area contributed by atoms with E-state index in [1.54, 1.807) is 26.0 Å². The molecule has 2 unspecified atom stereocenters. The molecule has 2 heterocycles. The molecule has 8 nitrogen and oxygen atoms in total. The molecule has 0 radical (unpaired) electrons. The Morgan fingerprint density at radius 3 is 2.77 bits per heavy atom. The number of amides is 1. The highest BCUT2D eigenvalue weighted by Gasteiger charge is 2.40. The number of aliphatic hydroxyl groups is 1. The highest BCUT2D eigenvalue weighted by molar-refractivity contribution is 5.83. The average Bonchev–Trinajstić information content (AvgIpc) is 3.20. The number of hydrogen-bond acceptors (Lipinski definition) is 6. The van der Waals surface area contributed by atoms with E-state index in [1.807, 2.05) is 0 Å². The summed E-state index contributed by atoms with van der Waals surface area (Å²) in [7, 11) is 0. The number of nitrogens with one attached hydrogen (secondary N) is 2. The Labute approximate surface area is 171 Å². The maximum Gasteiger partial charge on any atom is 0.412 e. The second kappa shape index (κ2) is 8.95. The van der Waals surface area contributed by atoms with E-state index in [0.717, 1.165) is 6.07 Å². The lowest BCUT2D eigenvalue weighted by atomic mass is 9.76. The van der Waals surface area contributed by atoms with Crippen LogP contribution in [-0.2, 0) is 16.8 Å². The molecule has 158 valence electrons. The van der Waals surface area contributed by atoms with Crippen LogP contribution in [0, 0.1) is 11.6 Å². The standard InChI is InChI=1S/C20H21F2N5O3/c1-3-30-19(28)26-17-8-13(6-7-23-17)12(2)20(29,10-18-24-11-25-27-18)15-5-4-14(21)9-16(15)22/h4-9,11-12,29H,3,10H2,1-2H3,(H,23,26,28)(H,24,25,27). The van der Waals surface area contributed by atoms with E-state index in [4.69, 9.17) is 4.74 Å². The predicted octanol–water partition coefficient (Wildman–Crippen LogP) is 3.28. The highest BCUT2D eigenvalue weighted by Crippen LogP contribution is 2.40. The van der Waals surface area contributed by atoms with Crippen LogP contribution in [-0.4, -0.2) is 38.0 Å². The first-order chi connectivity index (χ1) is 14.3. The number of nitrogens with zero attached hydrogens (tertiary/aromatic N) is 3. The van der Waals surface area contributed by atoms with E-state index >= 15 is 0 Å². The molecule has 0 bridgehead atoms. The minimum absolute atomic E-state index is 0.0930. The number of carbonyl (C=O) groups is 1. The van der Waals surface area contributed by atoms with Gasteiger partial charge < -0.3 is 9.84 Å². The van der Waals surface area contributed by atoms with Gasteiger partial charge in [0.2, 0.25) is 0 Å². The molecule has 3 rings (SSSR count). The molecular formula is C20H21F2N5O3. The Kier molecular flexibility index (Phi) is 6.36. The molecular weight excluding hydrogens is 396 g/mol. The first kappa shape index (κ1) is 21.3. The minimum Gasteiger partial charge on any atom is -0.450 e. The van der Waals surface area contributed by atoms with Gasteiger partial charge in [0.25, 0.3) is 0 Å². The van der Waals surface area contributed by atoms with Crippen LogP contribution in [0.5, 0.6) is 0 Å². The zero-order chi connectivity index (χ0) is 21.7. The van der Waals surface area contributed by atoms with Crippen molar-refractivity contribution < 1.29 is 23.4 Å². The predicted molar refractivity (Wildman–Crippen MR) is 104 cm³/mol. The van der Waals surface area contributed by atoms with Crippen LogP contribution in [0.15, 0.2) is 42.9 Å². The van der Waals surface area contributed by atoms with Crippen LogP contribution >= 0.6 is 0 Å². The van der Waals surface area contributed by atoms with Crippen molar-refractivity contribution in [3.8, 4) is 0 Å². The zero-order valence-corrected chi connectivity index (χ0v) is 16.4. The third-order valence-electron chi connectivity index (χ3n) is 4.81. The van der Waals surface area contributed by atoms with E-state index < -0.39 is 29.2 Å². The van der Waals surface area contributed by atoms with Crippen molar-refractivity contribution in [1.82, 2.24) is 20.2 Å². The molecule has 10 heteroatoms. The van der Waals surface area contributed by atoms with Gasteiger partial charge in [-0.05, 0) is 30.7 Å². The second-order valence-electron chi connectivity index (χ2n) is 6.70. The van der Waals surface area contributed by atoms with Gasteiger partial charge in [0.1, 0.15) is 35.2 Å². The fraction of sp³-hybridized carbons (Fsp3) is 0.300. The van der Waals surface area contributed by atoms with E-state index in [1.165, 1.54) is 18.6 Å². The molecule has 0 aliphatic carbocycles. The summed E-state index contributed by atoms with van der Waals surface area (Å²) >= 11 is 0. The van der Waals surface area contributed by atoms with Gasteiger partial charge in [0.05, 0.1) is 6.61 Å². The Morgan fingerprint density at radius 2 is 2.10 bits per heavy atom. The molecule has 30 heavy (non-hydrogen) atoms. The largest absolute Gasteiger partial charge is 0.450 e. The van der Waals surface area contributed by atoms with Gasteiger partial charge in [0, 0.05) is 30.2 Å². The number of anilines is 1. The quantitative estimate of drug-likeness (QED) is 0.544. The van der Waals surface area contributed by atoms with Crippen molar-refractivity contribution >= 4 is 11.9 Å². The van der Waals surface area contributed by atoms with Gasteiger partial charge in [-0.1, -0.05) is 13.0 Å². The van der Waals surface area contributed by atoms with Crippen molar-refractivity contribution in [3.63, 3.8) is 0 Å². The summed E-state index contributed by atoms with van der Waals surface area (Å²) in [5.41, 5.74) is -1.34. The number of ether oxygens (including phenoxy) is 1. The molecule has 3 N–H and O–H groups in total. The summed E-state index contributed by atoms with van der Waals surface area (Å²) in [6.07, 6.45) is 1.94. The molecule has 0 saturated heterocycles. The van der Waals surface area contributed by atoms with Gasteiger partial charge in [-0.3, -0.25) is 10.4 Å². The number of aromatic amines is 1. The molecule has 2 atom stereocenters. The Balaban J connectivity index is 2.00. The fourth-order valence-electron chi connectivity index (χ4n) is 3.23. The van der Waals surface area contributed by atoms with Crippen LogP contribution in [0.1, 0.15) is 36.7 Å². The topological polar surface area (TPSA) is 113 Å². The third kappa shape index (κ3) is 4.60. The first-order valence-corrected chi connectivity index (χ1v) is 9.25. The number of carbonyl (C=O) groups excluding carboxylic acids is 1. The number of hydrogen-bond donors (Lipinski definition) is 3. The number of H-pyrrole nitrogens is 1. The normalized spacial score (nSPS) is 14.0. The van der Waals surface area contributed by atoms with Crippen LogP contribution in [0.25, 0.3) is 0 Å². The van der Waals surface area contributed by atoms with Crippen molar-refractivity contribution in [2.24, 2.45) is 0 Å². The van der Waals surface area contributed by atoms with Gasteiger partial charge in [-0.15, -0.1) is 0 Å². The molecule has 1 amide bonds. The van der Waals surface area contributed by atoms with Crippen molar-refractivity contribution in [2.45, 2.75) is 31.8 Å². The zero-order valence-electron chi connectivity index (χ0n) is 16.4. The smallest absolute Gasteiger partial charge is 0.412 e. The van der Waals surface area contributed by atoms with Crippen LogP contribution in [0.4, 0.5) is 19.4 Å². The average molecular weight is 417 g/mol. The molecule has 0 aliphatic heterocycles. The number of rotatable bonds is 7. The summed E-state index contributed by atoms with van der Waals surface area (Å²) in [6, 6.07) is 6.18. The molecule has 0 spiro atoms. The SMILES string of the molecule is CCOC(=O)Nc1cc(C(C)C(O)(Cc2ncn[nH]2)c2ccc(F)cc2F)ccn1. The summed E-state index contributed by atoms with van der Waals surface area (Å²) < 4.78 is 33.0. The maximum absolute atomic E-state index is 14.7. The van der Waals surface area contributed by atoms with Crippen LogP contribution in [0.2, 0.25) is 0 Å². The number of benzene rings is 1. The molecule has 0 saturated carbocycles. The lowest BCUT2D eigenvalue weighted by Crippen LogP contribution is -2.36. The Hall–Kier alpha value is -3.40. The lowest BCUT2D eigenvalue weighted by molar-refractivity contribution is 0.00742. The molecule has 2 aromatic heterocycles. The minimum atomic E-state index is -1.81. The van der Waals surface area contributed by atoms with E-state index in [-0.39, 0.29) is 24.4 Å². The van der Waals surface area contributed by atoms with Gasteiger partial charge in [-0.25, -0.2) is 23.5 Å². The summed E-state index contributed by atoms with van der Waals surface area (Å²) in [5.74, 6) is -1.81. The molecule has 0 fully saturated rings. The van der Waals surface area contributed by atoms with Crippen LogP contribution in [0.3, 0.4) is 0 Å². The number of halogens is 2. The van der Waals surface area contributed by atoms with Gasteiger partial charge >= 0.3 is 6.09 Å².